The highest BCUT2D eigenvalue weighted by Crippen LogP contribution is 2.17. The molecular formula is C18H20F2N2O2. The molecule has 0 aliphatic carbocycles. The van der Waals surface area contributed by atoms with Crippen LogP contribution in [0.4, 0.5) is 8.78 Å². The maximum Gasteiger partial charge on any atom is 0.237 e. The van der Waals surface area contributed by atoms with Crippen LogP contribution in [0.2, 0.25) is 0 Å². The molecule has 1 amide bonds. The molecule has 0 spiro atoms. The van der Waals surface area contributed by atoms with Crippen molar-refractivity contribution in [2.24, 2.45) is 5.73 Å². The highest BCUT2D eigenvalue weighted by Gasteiger charge is 2.17. The van der Waals surface area contributed by atoms with Crippen LogP contribution in [-0.2, 0) is 11.2 Å². The Bertz CT molecular complexity index is 680. The van der Waals surface area contributed by atoms with Crippen molar-refractivity contribution in [3.05, 3.63) is 65.7 Å². The lowest BCUT2D eigenvalue weighted by Gasteiger charge is -2.18. The topological polar surface area (TPSA) is 64.3 Å². The Morgan fingerprint density at radius 1 is 1.21 bits per heavy atom. The predicted molar refractivity (Wildman–Crippen MR) is 87.6 cm³/mol. The molecule has 0 aromatic heterocycles. The molecule has 0 aliphatic heterocycles. The van der Waals surface area contributed by atoms with Crippen molar-refractivity contribution in [3.8, 4) is 5.75 Å². The van der Waals surface area contributed by atoms with E-state index >= 15 is 0 Å². The number of hydrogen-bond donors (Lipinski definition) is 2. The van der Waals surface area contributed by atoms with Crippen LogP contribution in [-0.4, -0.2) is 24.6 Å². The fourth-order valence-corrected chi connectivity index (χ4v) is 2.16. The maximum absolute atomic E-state index is 13.5. The first-order valence-electron chi connectivity index (χ1n) is 7.63. The molecular weight excluding hydrogens is 314 g/mol. The van der Waals surface area contributed by atoms with Gasteiger partial charge in [0.15, 0.2) is 11.6 Å². The third kappa shape index (κ3) is 5.31. The van der Waals surface area contributed by atoms with Gasteiger partial charge in [-0.05, 0) is 31.0 Å². The van der Waals surface area contributed by atoms with E-state index < -0.39 is 17.7 Å². The van der Waals surface area contributed by atoms with Crippen LogP contribution in [0.1, 0.15) is 12.5 Å². The Morgan fingerprint density at radius 2 is 1.92 bits per heavy atom. The van der Waals surface area contributed by atoms with Gasteiger partial charge in [-0.15, -0.1) is 0 Å². The van der Waals surface area contributed by atoms with E-state index in [1.165, 1.54) is 6.07 Å². The van der Waals surface area contributed by atoms with Gasteiger partial charge in [-0.3, -0.25) is 4.79 Å². The van der Waals surface area contributed by atoms with Gasteiger partial charge in [0, 0.05) is 6.07 Å². The molecule has 0 radical (unpaired) electrons. The van der Waals surface area contributed by atoms with E-state index in [0.29, 0.717) is 6.42 Å². The average Bonchev–Trinajstić information content (AvgIpc) is 2.55. The molecule has 2 aromatic carbocycles. The predicted octanol–water partition coefficient (Wildman–Crippen LogP) is 2.42. The Kier molecular flexibility index (Phi) is 6.26. The number of amides is 1. The summed E-state index contributed by atoms with van der Waals surface area (Å²) in [6.45, 7) is 1.76. The van der Waals surface area contributed by atoms with Gasteiger partial charge in [-0.25, -0.2) is 8.78 Å². The first-order valence-corrected chi connectivity index (χ1v) is 7.63. The van der Waals surface area contributed by atoms with Gasteiger partial charge in [0.1, 0.15) is 12.4 Å². The lowest BCUT2D eigenvalue weighted by atomic mass is 10.1. The van der Waals surface area contributed by atoms with Gasteiger partial charge in [-0.1, -0.05) is 30.3 Å². The quantitative estimate of drug-likeness (QED) is 0.817. The minimum Gasteiger partial charge on any atom is -0.488 e. The number of halogens is 2. The summed E-state index contributed by atoms with van der Waals surface area (Å²) < 4.78 is 31.5. The summed E-state index contributed by atoms with van der Waals surface area (Å²) in [7, 11) is 0. The minimum absolute atomic E-state index is 0.0480. The molecule has 4 nitrogen and oxygen atoms in total. The summed E-state index contributed by atoms with van der Waals surface area (Å²) >= 11 is 0. The molecule has 0 aliphatic rings. The van der Waals surface area contributed by atoms with Crippen LogP contribution in [0.5, 0.6) is 5.75 Å². The lowest BCUT2D eigenvalue weighted by Crippen LogP contribution is -2.47. The smallest absolute Gasteiger partial charge is 0.237 e. The largest absolute Gasteiger partial charge is 0.488 e. The van der Waals surface area contributed by atoms with E-state index in [1.807, 2.05) is 30.3 Å². The average molecular weight is 334 g/mol. The normalized spacial score (nSPS) is 13.2. The third-order valence-electron chi connectivity index (χ3n) is 3.41. The molecule has 2 atom stereocenters. The SMILES string of the molecule is CC(COc1ccc(F)cc1F)NC(=O)[C@@H](N)Cc1ccccc1. The van der Waals surface area contributed by atoms with Crippen LogP contribution in [0.3, 0.4) is 0 Å². The molecule has 3 N–H and O–H groups in total. The van der Waals surface area contributed by atoms with Crippen molar-refractivity contribution in [1.29, 1.82) is 0 Å². The Balaban J connectivity index is 1.80. The highest BCUT2D eigenvalue weighted by molar-refractivity contribution is 5.82. The molecule has 0 heterocycles. The molecule has 24 heavy (non-hydrogen) atoms. The molecule has 0 fully saturated rings. The zero-order chi connectivity index (χ0) is 17.5. The standard InChI is InChI=1S/C18H20F2N2O2/c1-12(11-24-17-8-7-14(19)10-15(17)20)22-18(23)16(21)9-13-5-3-2-4-6-13/h2-8,10,12,16H,9,11,21H2,1H3,(H,22,23)/t12?,16-/m0/s1. The van der Waals surface area contributed by atoms with Crippen LogP contribution in [0, 0.1) is 11.6 Å². The second-order valence-electron chi connectivity index (χ2n) is 5.59. The zero-order valence-corrected chi connectivity index (χ0v) is 13.3. The number of nitrogens with two attached hydrogens (primary N) is 1. The first kappa shape index (κ1) is 17.9. The van der Waals surface area contributed by atoms with Gasteiger partial charge < -0.3 is 15.8 Å². The fraction of sp³-hybridized carbons (Fsp3) is 0.278. The fourth-order valence-electron chi connectivity index (χ4n) is 2.16. The number of ether oxygens (including phenoxy) is 1. The molecule has 128 valence electrons. The summed E-state index contributed by atoms with van der Waals surface area (Å²) in [5.74, 6) is -1.83. The van der Waals surface area contributed by atoms with Crippen LogP contribution < -0.4 is 15.8 Å². The Hall–Kier alpha value is -2.47. The molecule has 0 bridgehead atoms. The molecule has 2 rings (SSSR count). The lowest BCUT2D eigenvalue weighted by molar-refractivity contribution is -0.123. The zero-order valence-electron chi connectivity index (χ0n) is 13.3. The monoisotopic (exact) mass is 334 g/mol. The Labute approximate surface area is 139 Å². The minimum atomic E-state index is -0.783. The van der Waals surface area contributed by atoms with Crippen molar-refractivity contribution in [2.75, 3.05) is 6.61 Å². The Morgan fingerprint density at radius 3 is 2.58 bits per heavy atom. The van der Waals surface area contributed by atoms with E-state index in [1.54, 1.807) is 6.92 Å². The first-order chi connectivity index (χ1) is 11.5. The van der Waals surface area contributed by atoms with E-state index in [4.69, 9.17) is 10.5 Å². The molecule has 2 aromatic rings. The van der Waals surface area contributed by atoms with E-state index in [-0.39, 0.29) is 24.3 Å². The number of rotatable bonds is 7. The van der Waals surface area contributed by atoms with Crippen molar-refractivity contribution in [2.45, 2.75) is 25.4 Å². The summed E-state index contributed by atoms with van der Waals surface area (Å²) in [6.07, 6.45) is 0.423. The van der Waals surface area contributed by atoms with E-state index in [0.717, 1.165) is 17.7 Å². The van der Waals surface area contributed by atoms with Gasteiger partial charge in [-0.2, -0.15) is 0 Å². The van der Waals surface area contributed by atoms with E-state index in [2.05, 4.69) is 5.32 Å². The summed E-state index contributed by atoms with van der Waals surface area (Å²) in [4.78, 5) is 12.1. The summed E-state index contributed by atoms with van der Waals surface area (Å²) in [5.41, 5.74) is 6.86. The number of benzene rings is 2. The number of carbonyl (C=O) groups excluding carboxylic acids is 1. The molecule has 1 unspecified atom stereocenters. The summed E-state index contributed by atoms with van der Waals surface area (Å²) in [5, 5.41) is 2.72. The number of nitrogens with one attached hydrogen (secondary N) is 1. The number of hydrogen-bond acceptors (Lipinski definition) is 3. The van der Waals surface area contributed by atoms with Crippen LogP contribution >= 0.6 is 0 Å². The second kappa shape index (κ2) is 8.40. The molecule has 6 heteroatoms. The third-order valence-corrected chi connectivity index (χ3v) is 3.41. The molecule has 0 saturated carbocycles. The van der Waals surface area contributed by atoms with Crippen LogP contribution in [0.25, 0.3) is 0 Å². The second-order valence-corrected chi connectivity index (χ2v) is 5.59. The van der Waals surface area contributed by atoms with Gasteiger partial charge >= 0.3 is 0 Å². The maximum atomic E-state index is 13.5. The number of carbonyl (C=O) groups is 1. The van der Waals surface area contributed by atoms with Crippen molar-refractivity contribution >= 4 is 5.91 Å². The van der Waals surface area contributed by atoms with Crippen molar-refractivity contribution < 1.29 is 18.3 Å². The van der Waals surface area contributed by atoms with Gasteiger partial charge in [0.05, 0.1) is 12.1 Å². The van der Waals surface area contributed by atoms with Crippen molar-refractivity contribution in [3.63, 3.8) is 0 Å². The van der Waals surface area contributed by atoms with Gasteiger partial charge in [0.2, 0.25) is 5.91 Å². The van der Waals surface area contributed by atoms with Crippen molar-refractivity contribution in [1.82, 2.24) is 5.32 Å². The van der Waals surface area contributed by atoms with E-state index in [9.17, 15) is 13.6 Å². The molecule has 0 saturated heterocycles. The van der Waals surface area contributed by atoms with Gasteiger partial charge in [0.25, 0.3) is 0 Å². The summed E-state index contributed by atoms with van der Waals surface area (Å²) in [6, 6.07) is 11.5. The van der Waals surface area contributed by atoms with Crippen LogP contribution in [0.15, 0.2) is 48.5 Å². The highest BCUT2D eigenvalue weighted by atomic mass is 19.1.